The van der Waals surface area contributed by atoms with Gasteiger partial charge in [-0.25, -0.2) is 11.3 Å². The molecule has 0 unspecified atom stereocenters. The predicted molar refractivity (Wildman–Crippen MR) is 73.3 cm³/mol. The molecule has 0 saturated heterocycles. The quantitative estimate of drug-likeness (QED) is 0.632. The fraction of sp³-hybridized carbons (Fsp3) is 0.571. The minimum Gasteiger partial charge on any atom is -0.540 e. The molecule has 0 aromatic carbocycles. The molecule has 0 amide bonds. The van der Waals surface area contributed by atoms with Crippen LogP contribution >= 0.6 is 0 Å². The van der Waals surface area contributed by atoms with E-state index in [1.807, 2.05) is 30.9 Å². The minimum absolute atomic E-state index is 0. The molecule has 1 rings (SSSR count). The summed E-state index contributed by atoms with van der Waals surface area (Å²) in [5, 5.41) is 0. The molecular weight excluding hydrogens is 271 g/mol. The summed E-state index contributed by atoms with van der Waals surface area (Å²) in [6.07, 6.45) is 5.76. The summed E-state index contributed by atoms with van der Waals surface area (Å²) in [6.45, 7) is 12.0. The van der Waals surface area contributed by atoms with Crippen LogP contribution in [-0.4, -0.2) is 15.8 Å². The SMILES string of the molecule is Cc1nc(CC(C)C)cn1C[C-]=O.[CH2-]CC.[CH3-].[Ni+2]. The van der Waals surface area contributed by atoms with Gasteiger partial charge in [-0.2, -0.15) is 6.42 Å². The summed E-state index contributed by atoms with van der Waals surface area (Å²) in [7, 11) is 0. The Labute approximate surface area is 122 Å². The van der Waals surface area contributed by atoms with Crippen molar-refractivity contribution in [1.29, 1.82) is 0 Å². The first-order chi connectivity index (χ1) is 7.54. The third-order valence-corrected chi connectivity index (χ3v) is 1.88. The second-order valence-electron chi connectivity index (χ2n) is 4.15. The van der Waals surface area contributed by atoms with Crippen molar-refractivity contribution in [1.82, 2.24) is 9.55 Å². The molecule has 18 heavy (non-hydrogen) atoms. The average Bonchev–Trinajstić information content (AvgIpc) is 2.47. The maximum Gasteiger partial charge on any atom is 2.00 e. The molecule has 0 radical (unpaired) electrons. The summed E-state index contributed by atoms with van der Waals surface area (Å²) < 4.78 is 1.82. The number of carbonyl (C=O) groups excluding carboxylic acids is 1. The van der Waals surface area contributed by atoms with Gasteiger partial charge in [0.1, 0.15) is 5.82 Å². The zero-order valence-corrected chi connectivity index (χ0v) is 13.1. The molecule has 4 heteroatoms. The Hall–Kier alpha value is -0.626. The van der Waals surface area contributed by atoms with Crippen molar-refractivity contribution in [2.24, 2.45) is 5.92 Å². The monoisotopic (exact) mass is 295 g/mol. The van der Waals surface area contributed by atoms with Gasteiger partial charge in [-0.1, -0.05) is 27.3 Å². The van der Waals surface area contributed by atoms with Crippen LogP contribution < -0.4 is 0 Å². The second-order valence-corrected chi connectivity index (χ2v) is 4.15. The topological polar surface area (TPSA) is 34.9 Å². The third-order valence-electron chi connectivity index (χ3n) is 1.88. The van der Waals surface area contributed by atoms with Crippen molar-refractivity contribution in [3.63, 3.8) is 0 Å². The number of hydrogen-bond acceptors (Lipinski definition) is 2. The Kier molecular flexibility index (Phi) is 16.1. The third kappa shape index (κ3) is 9.41. The molecular formula is C14H25N2NiO-. The van der Waals surface area contributed by atoms with Gasteiger partial charge in [0.25, 0.3) is 0 Å². The summed E-state index contributed by atoms with van der Waals surface area (Å²) in [5.41, 5.74) is 1.06. The number of rotatable bonds is 4. The van der Waals surface area contributed by atoms with Crippen molar-refractivity contribution < 1.29 is 21.3 Å². The van der Waals surface area contributed by atoms with E-state index in [-0.39, 0.29) is 30.5 Å². The Morgan fingerprint density at radius 3 is 2.39 bits per heavy atom. The van der Waals surface area contributed by atoms with E-state index >= 15 is 0 Å². The van der Waals surface area contributed by atoms with Gasteiger partial charge in [0.2, 0.25) is 0 Å². The number of aryl methyl sites for hydroxylation is 1. The normalized spacial score (nSPS) is 8.78. The summed E-state index contributed by atoms with van der Waals surface area (Å²) in [6, 6.07) is 0. The molecule has 0 N–H and O–H groups in total. The van der Waals surface area contributed by atoms with Crippen LogP contribution in [-0.2, 0) is 34.3 Å². The van der Waals surface area contributed by atoms with Gasteiger partial charge in [-0.3, -0.25) is 0 Å². The van der Waals surface area contributed by atoms with Crippen LogP contribution in [0.25, 0.3) is 0 Å². The van der Waals surface area contributed by atoms with E-state index in [4.69, 9.17) is 0 Å². The largest absolute Gasteiger partial charge is 2.00 e. The second kappa shape index (κ2) is 12.8. The molecule has 0 atom stereocenters. The molecule has 0 saturated carbocycles. The van der Waals surface area contributed by atoms with E-state index in [0.29, 0.717) is 5.92 Å². The van der Waals surface area contributed by atoms with Gasteiger partial charge in [-0.05, 0) is 19.3 Å². The Bertz CT molecular complexity index is 309. The van der Waals surface area contributed by atoms with Gasteiger partial charge in [0.15, 0.2) is 0 Å². The standard InChI is InChI=1S/C10H15N2O.C3H7.CH3.Ni/c1-8(2)6-10-7-12(4-5-13)9(3)11-10;1-3-2;;/h7-8H,4,6H2,1-3H3;1,3H2,2H3;1H3;/q3*-1;+2. The first-order valence-electron chi connectivity index (χ1n) is 5.72. The van der Waals surface area contributed by atoms with Crippen LogP contribution in [0.4, 0.5) is 0 Å². The Morgan fingerprint density at radius 2 is 2.00 bits per heavy atom. The zero-order chi connectivity index (χ0) is 12.6. The molecule has 0 bridgehead atoms. The van der Waals surface area contributed by atoms with E-state index in [2.05, 4.69) is 25.8 Å². The van der Waals surface area contributed by atoms with Gasteiger partial charge in [0, 0.05) is 6.20 Å². The molecule has 0 spiro atoms. The first kappa shape index (κ1) is 22.5. The number of aromatic nitrogens is 2. The fourth-order valence-electron chi connectivity index (χ4n) is 1.32. The smallest absolute Gasteiger partial charge is 0.540 e. The van der Waals surface area contributed by atoms with E-state index in [1.54, 1.807) is 0 Å². The number of hydrogen-bond donors (Lipinski definition) is 0. The van der Waals surface area contributed by atoms with E-state index in [1.165, 1.54) is 0 Å². The maximum absolute atomic E-state index is 10.2. The fourth-order valence-corrected chi connectivity index (χ4v) is 1.32. The van der Waals surface area contributed by atoms with Crippen LogP contribution in [0.5, 0.6) is 0 Å². The predicted octanol–water partition coefficient (Wildman–Crippen LogP) is 3.18. The van der Waals surface area contributed by atoms with Crippen LogP contribution in [0.1, 0.15) is 38.7 Å². The Balaban J connectivity index is -0.000000410. The molecule has 0 aliphatic rings. The van der Waals surface area contributed by atoms with Gasteiger partial charge in [0.05, 0.1) is 5.69 Å². The minimum atomic E-state index is 0. The molecule has 1 aromatic rings. The van der Waals surface area contributed by atoms with Crippen LogP contribution in [0.3, 0.4) is 0 Å². The maximum atomic E-state index is 10.2. The molecule has 0 aliphatic heterocycles. The summed E-state index contributed by atoms with van der Waals surface area (Å²) in [4.78, 5) is 14.5. The molecule has 3 nitrogen and oxygen atoms in total. The van der Waals surface area contributed by atoms with Gasteiger partial charge < -0.3 is 23.7 Å². The first-order valence-corrected chi connectivity index (χ1v) is 5.72. The van der Waals surface area contributed by atoms with Gasteiger partial charge >= 0.3 is 16.5 Å². The van der Waals surface area contributed by atoms with Gasteiger partial charge in [-0.15, -0.1) is 0 Å². The van der Waals surface area contributed by atoms with Crippen LogP contribution in [0, 0.1) is 27.2 Å². The zero-order valence-electron chi connectivity index (χ0n) is 12.1. The molecule has 0 aliphatic carbocycles. The number of imidazole rings is 1. The van der Waals surface area contributed by atoms with Crippen molar-refractivity contribution in [2.45, 2.75) is 47.1 Å². The summed E-state index contributed by atoms with van der Waals surface area (Å²) in [5.74, 6) is 1.49. The molecule has 1 heterocycles. The molecule has 108 valence electrons. The van der Waals surface area contributed by atoms with Crippen molar-refractivity contribution in [3.05, 3.63) is 32.1 Å². The van der Waals surface area contributed by atoms with E-state index in [9.17, 15) is 4.79 Å². The van der Waals surface area contributed by atoms with Crippen LogP contribution in [0.2, 0.25) is 0 Å². The molecule has 0 fully saturated rings. The summed E-state index contributed by atoms with van der Waals surface area (Å²) >= 11 is 0. The van der Waals surface area contributed by atoms with Crippen molar-refractivity contribution in [3.8, 4) is 0 Å². The van der Waals surface area contributed by atoms with E-state index < -0.39 is 0 Å². The number of nitrogens with zero attached hydrogens (tertiary/aromatic N) is 2. The average molecular weight is 296 g/mol. The molecule has 1 aromatic heterocycles. The van der Waals surface area contributed by atoms with Crippen molar-refractivity contribution in [2.75, 3.05) is 0 Å². The van der Waals surface area contributed by atoms with Crippen molar-refractivity contribution >= 4 is 6.29 Å². The van der Waals surface area contributed by atoms with E-state index in [0.717, 1.165) is 24.4 Å². The van der Waals surface area contributed by atoms with Crippen LogP contribution in [0.15, 0.2) is 6.20 Å². The Morgan fingerprint density at radius 1 is 1.50 bits per heavy atom.